The number of benzene rings is 1. The van der Waals surface area contributed by atoms with E-state index >= 15 is 0 Å². The van der Waals surface area contributed by atoms with Crippen molar-refractivity contribution < 1.29 is 17.6 Å². The Morgan fingerprint density at radius 2 is 1.86 bits per heavy atom. The number of halogens is 4. The Labute approximate surface area is 122 Å². The molecule has 1 nitrogen and oxygen atoms in total. The zero-order chi connectivity index (χ0) is 15.7. The first-order valence-corrected chi connectivity index (χ1v) is 7.31. The molecule has 1 aromatic carbocycles. The van der Waals surface area contributed by atoms with Crippen molar-refractivity contribution in [3.05, 3.63) is 29.6 Å². The first kappa shape index (κ1) is 16.1. The Hall–Kier alpha value is -1.26. The van der Waals surface area contributed by atoms with E-state index in [4.69, 9.17) is 0 Å². The van der Waals surface area contributed by atoms with Crippen LogP contribution < -0.4 is 5.32 Å². The van der Waals surface area contributed by atoms with Gasteiger partial charge in [-0.3, -0.25) is 0 Å². The Morgan fingerprint density at radius 3 is 2.52 bits per heavy atom. The second kappa shape index (κ2) is 5.85. The van der Waals surface area contributed by atoms with Crippen LogP contribution in [0.3, 0.4) is 0 Å². The van der Waals surface area contributed by atoms with Gasteiger partial charge in [0.1, 0.15) is 5.82 Å². The molecule has 1 atom stereocenters. The second-order valence-corrected chi connectivity index (χ2v) is 6.63. The molecule has 1 fully saturated rings. The Balaban J connectivity index is 2.12. The van der Waals surface area contributed by atoms with E-state index in [9.17, 15) is 17.6 Å². The van der Waals surface area contributed by atoms with E-state index in [-0.39, 0.29) is 17.1 Å². The van der Waals surface area contributed by atoms with Crippen LogP contribution in [0.1, 0.15) is 51.5 Å². The fourth-order valence-electron chi connectivity index (χ4n) is 2.84. The molecule has 1 aliphatic carbocycles. The maximum Gasteiger partial charge on any atom is 0.416 e. The lowest BCUT2D eigenvalue weighted by Gasteiger charge is -2.22. The van der Waals surface area contributed by atoms with Crippen molar-refractivity contribution in [2.75, 3.05) is 5.32 Å². The van der Waals surface area contributed by atoms with Crippen LogP contribution in [0.4, 0.5) is 23.2 Å². The Kier molecular flexibility index (Phi) is 4.49. The molecular formula is C16H21F4N. The molecule has 1 unspecified atom stereocenters. The maximum absolute atomic E-state index is 13.7. The number of hydrogen-bond acceptors (Lipinski definition) is 1. The Bertz CT molecular complexity index is 494. The molecule has 2 rings (SSSR count). The largest absolute Gasteiger partial charge is 0.416 e. The van der Waals surface area contributed by atoms with Gasteiger partial charge in [-0.25, -0.2) is 4.39 Å². The molecule has 0 heterocycles. The van der Waals surface area contributed by atoms with Gasteiger partial charge in [0.2, 0.25) is 0 Å². The maximum atomic E-state index is 13.7. The third-order valence-corrected chi connectivity index (χ3v) is 4.23. The van der Waals surface area contributed by atoms with E-state index in [1.807, 2.05) is 0 Å². The molecule has 1 aliphatic rings. The molecule has 0 spiro atoms. The van der Waals surface area contributed by atoms with E-state index in [1.54, 1.807) is 0 Å². The first-order valence-electron chi connectivity index (χ1n) is 7.31. The highest BCUT2D eigenvalue weighted by Gasteiger charge is 2.31. The van der Waals surface area contributed by atoms with Gasteiger partial charge in [-0.2, -0.15) is 13.2 Å². The van der Waals surface area contributed by atoms with Gasteiger partial charge in [0.05, 0.1) is 11.3 Å². The van der Waals surface area contributed by atoms with E-state index in [2.05, 4.69) is 19.2 Å². The van der Waals surface area contributed by atoms with Gasteiger partial charge in [-0.1, -0.05) is 20.3 Å². The van der Waals surface area contributed by atoms with Crippen LogP contribution in [0.15, 0.2) is 18.2 Å². The third-order valence-electron chi connectivity index (χ3n) is 4.23. The topological polar surface area (TPSA) is 12.0 Å². The van der Waals surface area contributed by atoms with E-state index in [0.717, 1.165) is 50.3 Å². The number of hydrogen-bond donors (Lipinski definition) is 1. The lowest BCUT2D eigenvalue weighted by molar-refractivity contribution is -0.137. The normalized spacial score (nSPS) is 22.7. The minimum Gasteiger partial charge on any atom is -0.380 e. The molecule has 0 radical (unpaired) electrons. The van der Waals surface area contributed by atoms with E-state index in [1.165, 1.54) is 0 Å². The zero-order valence-corrected chi connectivity index (χ0v) is 12.4. The molecule has 0 amide bonds. The van der Waals surface area contributed by atoms with Crippen LogP contribution in [-0.4, -0.2) is 6.04 Å². The van der Waals surface area contributed by atoms with Crippen molar-refractivity contribution in [1.82, 2.24) is 0 Å². The highest BCUT2D eigenvalue weighted by molar-refractivity contribution is 5.48. The number of alkyl halides is 3. The van der Waals surface area contributed by atoms with Gasteiger partial charge in [0, 0.05) is 6.04 Å². The predicted octanol–water partition coefficient (Wildman–Crippen LogP) is 5.62. The molecule has 118 valence electrons. The van der Waals surface area contributed by atoms with Crippen LogP contribution in [0, 0.1) is 11.2 Å². The van der Waals surface area contributed by atoms with Gasteiger partial charge in [0.15, 0.2) is 0 Å². The quantitative estimate of drug-likeness (QED) is 0.552. The predicted molar refractivity (Wildman–Crippen MR) is 75.7 cm³/mol. The molecule has 5 heteroatoms. The van der Waals surface area contributed by atoms with Crippen LogP contribution >= 0.6 is 0 Å². The van der Waals surface area contributed by atoms with Gasteiger partial charge < -0.3 is 5.32 Å². The summed E-state index contributed by atoms with van der Waals surface area (Å²) < 4.78 is 51.8. The minimum atomic E-state index is -4.45. The molecule has 1 saturated carbocycles. The SMILES string of the molecule is CC1(C)CCCC(Nc2cc(C(F)(F)F)ccc2F)CC1. The highest BCUT2D eigenvalue weighted by Crippen LogP contribution is 2.36. The first-order chi connectivity index (χ1) is 9.67. The van der Waals surface area contributed by atoms with E-state index < -0.39 is 17.6 Å². The summed E-state index contributed by atoms with van der Waals surface area (Å²) in [6, 6.07) is 2.55. The number of anilines is 1. The van der Waals surface area contributed by atoms with Gasteiger partial charge in [0.25, 0.3) is 0 Å². The molecule has 0 saturated heterocycles. The lowest BCUT2D eigenvalue weighted by atomic mass is 9.85. The van der Waals surface area contributed by atoms with Crippen molar-refractivity contribution in [3.8, 4) is 0 Å². The fourth-order valence-corrected chi connectivity index (χ4v) is 2.84. The van der Waals surface area contributed by atoms with Crippen molar-refractivity contribution in [1.29, 1.82) is 0 Å². The molecule has 1 N–H and O–H groups in total. The molecule has 0 aliphatic heterocycles. The number of rotatable bonds is 2. The van der Waals surface area contributed by atoms with Crippen molar-refractivity contribution in [2.45, 2.75) is 58.2 Å². The summed E-state index contributed by atoms with van der Waals surface area (Å²) in [5, 5.41) is 2.96. The van der Waals surface area contributed by atoms with Crippen molar-refractivity contribution in [2.24, 2.45) is 5.41 Å². The monoisotopic (exact) mass is 303 g/mol. The average Bonchev–Trinajstić information content (AvgIpc) is 2.52. The summed E-state index contributed by atoms with van der Waals surface area (Å²) in [5.41, 5.74) is -0.613. The second-order valence-electron chi connectivity index (χ2n) is 6.63. The van der Waals surface area contributed by atoms with Crippen LogP contribution in [-0.2, 0) is 6.18 Å². The summed E-state index contributed by atoms with van der Waals surface area (Å²) in [7, 11) is 0. The molecule has 0 aromatic heterocycles. The third kappa shape index (κ3) is 4.35. The standard InChI is InChI=1S/C16H21F4N/c1-15(2)8-3-4-12(7-9-15)21-14-10-11(16(18,19)20)5-6-13(14)17/h5-6,10,12,21H,3-4,7-9H2,1-2H3. The van der Waals surface area contributed by atoms with Crippen LogP contribution in [0.2, 0.25) is 0 Å². The molecular weight excluding hydrogens is 282 g/mol. The smallest absolute Gasteiger partial charge is 0.380 e. The van der Waals surface area contributed by atoms with Gasteiger partial charge >= 0.3 is 6.18 Å². The van der Waals surface area contributed by atoms with Gasteiger partial charge in [-0.15, -0.1) is 0 Å². The minimum absolute atomic E-state index is 0.0322. The summed E-state index contributed by atoms with van der Waals surface area (Å²) in [6.07, 6.45) is 0.351. The van der Waals surface area contributed by atoms with Crippen molar-refractivity contribution in [3.63, 3.8) is 0 Å². The van der Waals surface area contributed by atoms with Crippen LogP contribution in [0.25, 0.3) is 0 Å². The highest BCUT2D eigenvalue weighted by atomic mass is 19.4. The fraction of sp³-hybridized carbons (Fsp3) is 0.625. The van der Waals surface area contributed by atoms with Gasteiger partial charge in [-0.05, 0) is 49.3 Å². The van der Waals surface area contributed by atoms with Crippen molar-refractivity contribution >= 4 is 5.69 Å². The number of nitrogens with one attached hydrogen (secondary N) is 1. The molecule has 21 heavy (non-hydrogen) atoms. The summed E-state index contributed by atoms with van der Waals surface area (Å²) in [4.78, 5) is 0. The lowest BCUT2D eigenvalue weighted by Crippen LogP contribution is -2.20. The summed E-state index contributed by atoms with van der Waals surface area (Å²) >= 11 is 0. The van der Waals surface area contributed by atoms with Crippen LogP contribution in [0.5, 0.6) is 0 Å². The van der Waals surface area contributed by atoms with E-state index in [0.29, 0.717) is 0 Å². The average molecular weight is 303 g/mol. The zero-order valence-electron chi connectivity index (χ0n) is 12.4. The summed E-state index contributed by atoms with van der Waals surface area (Å²) in [5.74, 6) is -0.633. The summed E-state index contributed by atoms with van der Waals surface area (Å²) in [6.45, 7) is 4.39. The molecule has 1 aromatic rings. The molecule has 0 bridgehead atoms. The Morgan fingerprint density at radius 1 is 1.14 bits per heavy atom.